The molecule has 1 heterocycles. The van der Waals surface area contributed by atoms with Gasteiger partial charge in [0.05, 0.1) is 0 Å². The molecule has 6 nitrogen and oxygen atoms in total. The predicted molar refractivity (Wildman–Crippen MR) is 63.4 cm³/mol. The molecule has 1 aliphatic rings. The molecule has 0 aromatic carbocycles. The Bertz CT molecular complexity index is 386. The normalized spacial score (nSPS) is 18.9. The Morgan fingerprint density at radius 2 is 2.22 bits per heavy atom. The van der Waals surface area contributed by atoms with E-state index in [4.69, 9.17) is 11.5 Å². The number of rotatable bonds is 5. The molecule has 0 bridgehead atoms. The highest BCUT2D eigenvalue weighted by Crippen LogP contribution is 2.09. The van der Waals surface area contributed by atoms with Gasteiger partial charge in [-0.3, -0.25) is 9.59 Å². The summed E-state index contributed by atoms with van der Waals surface area (Å²) in [4.78, 5) is 35.2. The minimum Gasteiger partial charge on any atom is -0.480 e. The number of unbranched alkanes of at least 4 members (excludes halogenated alkanes) is 2. The maximum absolute atomic E-state index is 11.9. The van der Waals surface area contributed by atoms with Crippen molar-refractivity contribution in [2.45, 2.75) is 31.7 Å². The van der Waals surface area contributed by atoms with E-state index in [1.54, 1.807) is 0 Å². The monoisotopic (exact) mass is 252 g/mol. The number of carboxylic acid groups (broad SMARTS) is 1. The Morgan fingerprint density at radius 3 is 2.83 bits per heavy atom. The number of nitrogens with zero attached hydrogens (tertiary/aromatic N) is 1. The summed E-state index contributed by atoms with van der Waals surface area (Å²) in [6.07, 6.45) is 7.23. The van der Waals surface area contributed by atoms with Gasteiger partial charge in [-0.1, -0.05) is 0 Å². The van der Waals surface area contributed by atoms with Gasteiger partial charge < -0.3 is 15.3 Å². The van der Waals surface area contributed by atoms with Crippen molar-refractivity contribution in [2.75, 3.05) is 13.1 Å². The van der Waals surface area contributed by atoms with Crippen LogP contribution in [0.2, 0.25) is 0 Å². The number of terminal acetylenes is 1. The zero-order valence-corrected chi connectivity index (χ0v) is 10.0. The fourth-order valence-corrected chi connectivity index (χ4v) is 1.77. The van der Waals surface area contributed by atoms with E-state index in [9.17, 15) is 14.4 Å². The van der Waals surface area contributed by atoms with Crippen LogP contribution < -0.4 is 5.32 Å². The number of nitrogens with one attached hydrogen (secondary N) is 1. The summed E-state index contributed by atoms with van der Waals surface area (Å²) in [5, 5.41) is 11.4. The molecule has 0 saturated carbocycles. The lowest BCUT2D eigenvalue weighted by Gasteiger charge is -2.32. The standard InChI is InChI=1S/C12H16N2O4/c1-2-3-4-5-6-11(16)14-8-10(15)13-7-9(14)12(17)18/h1,9H,3-8H2,(H,13,15)(H,17,18). The highest BCUT2D eigenvalue weighted by atomic mass is 16.4. The smallest absolute Gasteiger partial charge is 0.328 e. The lowest BCUT2D eigenvalue weighted by Crippen LogP contribution is -2.59. The third kappa shape index (κ3) is 3.77. The van der Waals surface area contributed by atoms with Gasteiger partial charge in [-0.05, 0) is 12.8 Å². The Balaban J connectivity index is 2.53. The zero-order chi connectivity index (χ0) is 13.5. The third-order valence-electron chi connectivity index (χ3n) is 2.75. The van der Waals surface area contributed by atoms with Crippen molar-refractivity contribution in [1.29, 1.82) is 0 Å². The van der Waals surface area contributed by atoms with E-state index in [0.29, 0.717) is 12.8 Å². The molecule has 0 aromatic heterocycles. The number of piperazine rings is 1. The molecule has 0 radical (unpaired) electrons. The minimum absolute atomic E-state index is 0.0374. The lowest BCUT2D eigenvalue weighted by atomic mass is 10.1. The molecule has 0 spiro atoms. The van der Waals surface area contributed by atoms with Crippen molar-refractivity contribution < 1.29 is 19.5 Å². The lowest BCUT2D eigenvalue weighted by molar-refractivity contribution is -0.154. The van der Waals surface area contributed by atoms with Crippen molar-refractivity contribution in [2.24, 2.45) is 0 Å². The molecular formula is C12H16N2O4. The average Bonchev–Trinajstić information content (AvgIpc) is 2.34. The van der Waals surface area contributed by atoms with E-state index in [2.05, 4.69) is 11.2 Å². The summed E-state index contributed by atoms with van der Waals surface area (Å²) >= 11 is 0. The maximum Gasteiger partial charge on any atom is 0.328 e. The summed E-state index contributed by atoms with van der Waals surface area (Å²) in [7, 11) is 0. The van der Waals surface area contributed by atoms with Crippen molar-refractivity contribution in [1.82, 2.24) is 10.2 Å². The van der Waals surface area contributed by atoms with Crippen molar-refractivity contribution >= 4 is 17.8 Å². The number of aliphatic carboxylic acids is 1. The summed E-state index contributed by atoms with van der Waals surface area (Å²) in [6.45, 7) is -0.227. The van der Waals surface area contributed by atoms with Crippen LogP contribution in [0.25, 0.3) is 0 Å². The van der Waals surface area contributed by atoms with Crippen molar-refractivity contribution in [3.05, 3.63) is 0 Å². The Hall–Kier alpha value is -2.03. The number of carboxylic acids is 1. The van der Waals surface area contributed by atoms with Gasteiger partial charge in [0.2, 0.25) is 11.8 Å². The predicted octanol–water partition coefficient (Wildman–Crippen LogP) is -0.408. The summed E-state index contributed by atoms with van der Waals surface area (Å²) in [5.41, 5.74) is 0. The molecule has 1 fully saturated rings. The molecule has 1 saturated heterocycles. The second-order valence-corrected chi connectivity index (χ2v) is 4.09. The fourth-order valence-electron chi connectivity index (χ4n) is 1.77. The van der Waals surface area contributed by atoms with Crippen LogP contribution in [0.3, 0.4) is 0 Å². The molecule has 2 N–H and O–H groups in total. The van der Waals surface area contributed by atoms with Crippen LogP contribution >= 0.6 is 0 Å². The number of hydrogen-bond acceptors (Lipinski definition) is 3. The Labute approximate surface area is 105 Å². The van der Waals surface area contributed by atoms with Gasteiger partial charge in [-0.2, -0.15) is 0 Å². The van der Waals surface area contributed by atoms with Crippen LogP contribution in [0.1, 0.15) is 25.7 Å². The molecule has 1 unspecified atom stereocenters. The first kappa shape index (κ1) is 14.0. The second kappa shape index (κ2) is 6.64. The topological polar surface area (TPSA) is 86.7 Å². The van der Waals surface area contributed by atoms with Crippen LogP contribution in [0.15, 0.2) is 0 Å². The van der Waals surface area contributed by atoms with Gasteiger partial charge in [0.25, 0.3) is 0 Å². The van der Waals surface area contributed by atoms with Gasteiger partial charge >= 0.3 is 5.97 Å². The summed E-state index contributed by atoms with van der Waals surface area (Å²) in [6, 6.07) is -0.970. The number of hydrogen-bond donors (Lipinski definition) is 2. The first-order valence-electron chi connectivity index (χ1n) is 5.78. The van der Waals surface area contributed by atoms with Crippen LogP contribution in [0.4, 0.5) is 0 Å². The van der Waals surface area contributed by atoms with E-state index in [0.717, 1.165) is 11.3 Å². The quantitative estimate of drug-likeness (QED) is 0.514. The van der Waals surface area contributed by atoms with Gasteiger partial charge in [-0.15, -0.1) is 12.3 Å². The van der Waals surface area contributed by atoms with Gasteiger partial charge in [-0.25, -0.2) is 4.79 Å². The summed E-state index contributed by atoms with van der Waals surface area (Å²) in [5.74, 6) is 0.727. The SMILES string of the molecule is C#CCCCCC(=O)N1CC(=O)NCC1C(=O)O. The fraction of sp³-hybridized carbons (Fsp3) is 0.583. The van der Waals surface area contributed by atoms with E-state index in [-0.39, 0.29) is 31.3 Å². The van der Waals surface area contributed by atoms with Crippen molar-refractivity contribution in [3.63, 3.8) is 0 Å². The molecule has 0 aromatic rings. The average molecular weight is 252 g/mol. The molecular weight excluding hydrogens is 236 g/mol. The number of carbonyl (C=O) groups excluding carboxylic acids is 2. The van der Waals surface area contributed by atoms with E-state index < -0.39 is 12.0 Å². The largest absolute Gasteiger partial charge is 0.480 e. The Kier molecular flexibility index (Phi) is 5.18. The Morgan fingerprint density at radius 1 is 1.50 bits per heavy atom. The first-order chi connectivity index (χ1) is 8.56. The van der Waals surface area contributed by atoms with E-state index in [1.807, 2.05) is 0 Å². The van der Waals surface area contributed by atoms with Crippen LogP contribution in [0.5, 0.6) is 0 Å². The van der Waals surface area contributed by atoms with Crippen LogP contribution in [0, 0.1) is 12.3 Å². The molecule has 1 rings (SSSR count). The minimum atomic E-state index is -1.10. The molecule has 1 atom stereocenters. The third-order valence-corrected chi connectivity index (χ3v) is 2.75. The molecule has 98 valence electrons. The van der Waals surface area contributed by atoms with Crippen LogP contribution in [-0.2, 0) is 14.4 Å². The molecule has 18 heavy (non-hydrogen) atoms. The first-order valence-corrected chi connectivity index (χ1v) is 5.78. The molecule has 6 heteroatoms. The van der Waals surface area contributed by atoms with Gasteiger partial charge in [0.1, 0.15) is 12.6 Å². The van der Waals surface area contributed by atoms with E-state index in [1.165, 1.54) is 0 Å². The summed E-state index contributed by atoms with van der Waals surface area (Å²) < 4.78 is 0. The van der Waals surface area contributed by atoms with E-state index >= 15 is 0 Å². The molecule has 1 aliphatic heterocycles. The molecule has 2 amide bonds. The van der Waals surface area contributed by atoms with Crippen LogP contribution in [-0.4, -0.2) is 46.9 Å². The van der Waals surface area contributed by atoms with Gasteiger partial charge in [0.15, 0.2) is 0 Å². The molecule has 0 aliphatic carbocycles. The zero-order valence-electron chi connectivity index (χ0n) is 10.0. The number of carbonyl (C=O) groups is 3. The highest BCUT2D eigenvalue weighted by Gasteiger charge is 2.34. The highest BCUT2D eigenvalue weighted by molar-refractivity contribution is 5.91. The van der Waals surface area contributed by atoms with Crippen molar-refractivity contribution in [3.8, 4) is 12.3 Å². The van der Waals surface area contributed by atoms with Gasteiger partial charge in [0, 0.05) is 19.4 Å². The maximum atomic E-state index is 11.9. The second-order valence-electron chi connectivity index (χ2n) is 4.09. The number of amides is 2.